The maximum Gasteiger partial charge on any atom is 0.276 e. The number of carbonyl (C=O) groups is 2. The summed E-state index contributed by atoms with van der Waals surface area (Å²) in [5.74, 6) is -3.72. The van der Waals surface area contributed by atoms with E-state index in [-0.39, 0.29) is 30.0 Å². The van der Waals surface area contributed by atoms with Crippen LogP contribution in [-0.4, -0.2) is 94.6 Å². The highest BCUT2D eigenvalue weighted by molar-refractivity contribution is 5.92. The molecule has 1 aromatic heterocycles. The molecule has 2 amide bonds. The van der Waals surface area contributed by atoms with Crippen molar-refractivity contribution in [3.8, 4) is 0 Å². The Morgan fingerprint density at radius 3 is 2.55 bits per heavy atom. The van der Waals surface area contributed by atoms with Gasteiger partial charge in [0.15, 0.2) is 5.69 Å². The van der Waals surface area contributed by atoms with Gasteiger partial charge in [-0.3, -0.25) is 9.59 Å². The van der Waals surface area contributed by atoms with Gasteiger partial charge >= 0.3 is 0 Å². The van der Waals surface area contributed by atoms with Crippen LogP contribution in [0.2, 0.25) is 0 Å². The zero-order valence-corrected chi connectivity index (χ0v) is 16.1. The molecular weight excluding hydrogens is 388 g/mol. The van der Waals surface area contributed by atoms with Gasteiger partial charge in [-0.25, -0.2) is 13.5 Å². The van der Waals surface area contributed by atoms with E-state index in [4.69, 9.17) is 9.47 Å². The Hall–Kier alpha value is -2.14. The van der Waals surface area contributed by atoms with Gasteiger partial charge in [-0.2, -0.15) is 0 Å². The van der Waals surface area contributed by atoms with Crippen molar-refractivity contribution in [3.05, 3.63) is 11.9 Å². The smallest absolute Gasteiger partial charge is 0.276 e. The summed E-state index contributed by atoms with van der Waals surface area (Å²) >= 11 is 0. The first-order valence-corrected chi connectivity index (χ1v) is 9.96. The first-order valence-electron chi connectivity index (χ1n) is 9.96. The summed E-state index contributed by atoms with van der Waals surface area (Å²) in [4.78, 5) is 28.2. The van der Waals surface area contributed by atoms with Crippen LogP contribution >= 0.6 is 0 Å². The van der Waals surface area contributed by atoms with Gasteiger partial charge in [0.2, 0.25) is 5.91 Å². The number of nitrogens with zero attached hydrogens (tertiary/aromatic N) is 5. The number of hydrogen-bond donors (Lipinski definition) is 0. The van der Waals surface area contributed by atoms with Crippen LogP contribution in [0, 0.1) is 5.92 Å². The summed E-state index contributed by atoms with van der Waals surface area (Å²) in [6, 6.07) is -0.687. The van der Waals surface area contributed by atoms with Gasteiger partial charge in [0.1, 0.15) is 0 Å². The summed E-state index contributed by atoms with van der Waals surface area (Å²) < 4.78 is 40.1. The van der Waals surface area contributed by atoms with Gasteiger partial charge < -0.3 is 19.3 Å². The van der Waals surface area contributed by atoms with Gasteiger partial charge in [0.25, 0.3) is 11.8 Å². The summed E-state index contributed by atoms with van der Waals surface area (Å²) in [5.41, 5.74) is 0.166. The molecule has 1 atom stereocenters. The Kier molecular flexibility index (Phi) is 5.77. The molecule has 4 heterocycles. The van der Waals surface area contributed by atoms with Crippen LogP contribution in [0.3, 0.4) is 0 Å². The van der Waals surface area contributed by atoms with Gasteiger partial charge in [-0.15, -0.1) is 5.10 Å². The Labute approximate surface area is 166 Å². The summed E-state index contributed by atoms with van der Waals surface area (Å²) in [6.07, 6.45) is 2.14. The lowest BCUT2D eigenvalue weighted by Crippen LogP contribution is -2.43. The molecule has 9 nitrogen and oxygen atoms in total. The topological polar surface area (TPSA) is 89.8 Å². The molecule has 0 aliphatic carbocycles. The predicted molar refractivity (Wildman–Crippen MR) is 95.4 cm³/mol. The second kappa shape index (κ2) is 8.31. The molecular formula is C18H25F2N5O4. The molecule has 3 fully saturated rings. The molecule has 3 aliphatic rings. The number of alkyl halides is 2. The molecule has 0 saturated carbocycles. The van der Waals surface area contributed by atoms with Crippen molar-refractivity contribution in [3.63, 3.8) is 0 Å². The van der Waals surface area contributed by atoms with E-state index in [1.165, 1.54) is 15.8 Å². The van der Waals surface area contributed by atoms with Crippen LogP contribution in [0.4, 0.5) is 8.78 Å². The van der Waals surface area contributed by atoms with Crippen molar-refractivity contribution >= 4 is 11.8 Å². The number of likely N-dealkylation sites (tertiary alicyclic amines) is 1. The van der Waals surface area contributed by atoms with E-state index in [2.05, 4.69) is 10.3 Å². The Morgan fingerprint density at radius 2 is 1.83 bits per heavy atom. The number of hydrogen-bond acceptors (Lipinski definition) is 6. The van der Waals surface area contributed by atoms with E-state index in [9.17, 15) is 18.4 Å². The molecule has 0 N–H and O–H groups in total. The lowest BCUT2D eigenvalue weighted by Gasteiger charge is -2.30. The SMILES string of the molecule is O=C(c1cn(C[C@@H]2CC(F)(F)CN2C(=O)C2CCOCC2)nn1)N1CCOCC1. The van der Waals surface area contributed by atoms with Gasteiger partial charge in [0, 0.05) is 38.6 Å². The molecule has 0 bridgehead atoms. The van der Waals surface area contributed by atoms with E-state index in [1.54, 1.807) is 4.90 Å². The largest absolute Gasteiger partial charge is 0.381 e. The van der Waals surface area contributed by atoms with E-state index in [1.807, 2.05) is 0 Å². The monoisotopic (exact) mass is 413 g/mol. The van der Waals surface area contributed by atoms with E-state index < -0.39 is 24.9 Å². The summed E-state index contributed by atoms with van der Waals surface area (Å²) in [7, 11) is 0. The van der Waals surface area contributed by atoms with Gasteiger partial charge in [-0.05, 0) is 12.8 Å². The molecule has 0 unspecified atom stereocenters. The fourth-order valence-electron chi connectivity index (χ4n) is 4.13. The lowest BCUT2D eigenvalue weighted by molar-refractivity contribution is -0.140. The highest BCUT2D eigenvalue weighted by Crippen LogP contribution is 2.34. The number of amides is 2. The quantitative estimate of drug-likeness (QED) is 0.711. The standard InChI is InChI=1S/C18H25F2N5O4/c19-18(20)9-14(25(12-18)16(26)13-1-5-28-6-2-13)10-24-11-15(21-22-24)17(27)23-3-7-29-8-4-23/h11,13-14H,1-10,12H2/t14-/m0/s1. The fraction of sp³-hybridized carbons (Fsp3) is 0.778. The number of carbonyl (C=O) groups excluding carboxylic acids is 2. The molecule has 29 heavy (non-hydrogen) atoms. The third-order valence-electron chi connectivity index (χ3n) is 5.68. The first-order chi connectivity index (χ1) is 13.9. The molecule has 1 aromatic rings. The zero-order chi connectivity index (χ0) is 20.4. The minimum absolute atomic E-state index is 0.0773. The predicted octanol–water partition coefficient (Wildman–Crippen LogP) is 0.413. The van der Waals surface area contributed by atoms with Crippen molar-refractivity contribution in [1.29, 1.82) is 0 Å². The third kappa shape index (κ3) is 4.55. The normalized spacial score (nSPS) is 25.4. The van der Waals surface area contributed by atoms with Crippen LogP contribution < -0.4 is 0 Å². The van der Waals surface area contributed by atoms with E-state index in [0.717, 1.165) is 0 Å². The second-order valence-electron chi connectivity index (χ2n) is 7.80. The van der Waals surface area contributed by atoms with Crippen LogP contribution in [0.5, 0.6) is 0 Å². The first kappa shape index (κ1) is 20.1. The number of morpholine rings is 1. The van der Waals surface area contributed by atoms with Crippen molar-refractivity contribution < 1.29 is 27.8 Å². The van der Waals surface area contributed by atoms with Crippen LogP contribution in [-0.2, 0) is 20.8 Å². The second-order valence-corrected chi connectivity index (χ2v) is 7.80. The molecule has 4 rings (SSSR count). The van der Waals surface area contributed by atoms with E-state index >= 15 is 0 Å². The number of halogens is 2. The minimum atomic E-state index is -2.93. The molecule has 160 valence electrons. The van der Waals surface area contributed by atoms with Crippen LogP contribution in [0.25, 0.3) is 0 Å². The zero-order valence-electron chi connectivity index (χ0n) is 16.1. The minimum Gasteiger partial charge on any atom is -0.381 e. The van der Waals surface area contributed by atoms with Gasteiger partial charge in [-0.1, -0.05) is 5.21 Å². The molecule has 11 heteroatoms. The van der Waals surface area contributed by atoms with Crippen molar-refractivity contribution in [1.82, 2.24) is 24.8 Å². The van der Waals surface area contributed by atoms with Crippen molar-refractivity contribution in [2.45, 2.75) is 37.8 Å². The molecule has 0 spiro atoms. The van der Waals surface area contributed by atoms with Crippen LogP contribution in [0.1, 0.15) is 29.8 Å². The summed E-state index contributed by atoms with van der Waals surface area (Å²) in [5, 5.41) is 7.84. The number of rotatable bonds is 4. The van der Waals surface area contributed by atoms with Crippen molar-refractivity contribution in [2.24, 2.45) is 5.92 Å². The Bertz CT molecular complexity index is 746. The van der Waals surface area contributed by atoms with E-state index in [0.29, 0.717) is 52.4 Å². The van der Waals surface area contributed by atoms with Gasteiger partial charge in [0.05, 0.1) is 38.5 Å². The molecule has 3 saturated heterocycles. The third-order valence-corrected chi connectivity index (χ3v) is 5.68. The summed E-state index contributed by atoms with van der Waals surface area (Å²) in [6.45, 7) is 2.35. The van der Waals surface area contributed by atoms with Crippen LogP contribution in [0.15, 0.2) is 6.20 Å². The maximum atomic E-state index is 14.1. The molecule has 3 aliphatic heterocycles. The highest BCUT2D eigenvalue weighted by atomic mass is 19.3. The molecule has 0 aromatic carbocycles. The number of aromatic nitrogens is 3. The lowest BCUT2D eigenvalue weighted by atomic mass is 9.98. The fourth-order valence-corrected chi connectivity index (χ4v) is 4.13. The number of ether oxygens (including phenoxy) is 2. The average Bonchev–Trinajstić information content (AvgIpc) is 3.32. The Balaban J connectivity index is 1.43. The highest BCUT2D eigenvalue weighted by Gasteiger charge is 2.48. The average molecular weight is 413 g/mol. The Morgan fingerprint density at radius 1 is 1.14 bits per heavy atom. The van der Waals surface area contributed by atoms with Crippen molar-refractivity contribution in [2.75, 3.05) is 46.1 Å². The maximum absolute atomic E-state index is 14.1. The molecule has 0 radical (unpaired) electrons.